The lowest BCUT2D eigenvalue weighted by Gasteiger charge is -2.44. The highest BCUT2D eigenvalue weighted by molar-refractivity contribution is 5.95. The average Bonchev–Trinajstić information content (AvgIpc) is 3.40. The predicted octanol–water partition coefficient (Wildman–Crippen LogP) is 7.36. The summed E-state index contributed by atoms with van der Waals surface area (Å²) >= 11 is 0. The van der Waals surface area contributed by atoms with Gasteiger partial charge in [0, 0.05) is 24.2 Å². The highest BCUT2D eigenvalue weighted by Gasteiger charge is 2.49. The Bertz CT molecular complexity index is 1510. The molecule has 240 valence electrons. The second-order valence-electron chi connectivity index (χ2n) is 11.6. The van der Waals surface area contributed by atoms with Gasteiger partial charge in [-0.1, -0.05) is 12.1 Å². The molecule has 8 nitrogen and oxygen atoms in total. The molecule has 0 bridgehead atoms. The average molecular weight is 627 g/mol. The second-order valence-corrected chi connectivity index (χ2v) is 11.6. The van der Waals surface area contributed by atoms with E-state index < -0.39 is 54.2 Å². The van der Waals surface area contributed by atoms with Gasteiger partial charge in [0.2, 0.25) is 0 Å². The first-order valence-corrected chi connectivity index (χ1v) is 13.9. The fourth-order valence-electron chi connectivity index (χ4n) is 5.49. The van der Waals surface area contributed by atoms with E-state index in [1.54, 1.807) is 27.7 Å². The number of aryl methyl sites for hydroxylation is 1. The lowest BCUT2D eigenvalue weighted by Crippen LogP contribution is -2.48. The van der Waals surface area contributed by atoms with Crippen molar-refractivity contribution < 1.29 is 50.5 Å². The molecule has 0 amide bonds. The fraction of sp³-hybridized carbons (Fsp3) is 0.484. The van der Waals surface area contributed by atoms with Crippen molar-refractivity contribution >= 4 is 23.0 Å². The van der Waals surface area contributed by atoms with Gasteiger partial charge in [0.15, 0.2) is 0 Å². The molecule has 4 rings (SSSR count). The number of rotatable bonds is 7. The molecule has 0 spiro atoms. The zero-order valence-corrected chi connectivity index (χ0v) is 25.3. The van der Waals surface area contributed by atoms with E-state index in [0.29, 0.717) is 11.1 Å². The van der Waals surface area contributed by atoms with E-state index >= 15 is 8.78 Å². The summed E-state index contributed by atoms with van der Waals surface area (Å²) < 4.78 is 94.6. The highest BCUT2D eigenvalue weighted by Crippen LogP contribution is 2.49. The number of ether oxygens (including phenoxy) is 4. The number of carbonyl (C=O) groups is 2. The molecule has 2 heterocycles. The smallest absolute Gasteiger partial charge is 0.419 e. The molecule has 2 atom stereocenters. The summed E-state index contributed by atoms with van der Waals surface area (Å²) in [5.74, 6) is -0.757. The normalized spacial score (nSPS) is 18.3. The number of nitrogens with zero attached hydrogens (tertiary/aromatic N) is 2. The van der Waals surface area contributed by atoms with Gasteiger partial charge in [0.25, 0.3) is 0 Å². The number of benzene rings is 2. The third-order valence-corrected chi connectivity index (χ3v) is 7.35. The molecular formula is C31H35F5N2O6. The molecule has 1 aliphatic rings. The maximum absolute atomic E-state index is 17.0. The zero-order chi connectivity index (χ0) is 32.6. The molecule has 0 N–H and O–H groups in total. The highest BCUT2D eigenvalue weighted by atomic mass is 19.4. The van der Waals surface area contributed by atoms with Crippen molar-refractivity contribution in [1.29, 1.82) is 0 Å². The molecule has 0 unspecified atom stereocenters. The van der Waals surface area contributed by atoms with Crippen molar-refractivity contribution in [3.05, 3.63) is 64.8 Å². The standard InChI is InChI=1S/C31H35F5N2O6/c1-18-15-24(41-5)25(22-12-13-37(26(18)22)28(40)44-29(2,3)4)31(35,36)38-14-11-21(43-17-30(32,33)34)16-23(38)19-7-9-20(10-8-19)27(39)42-6/h7-10,12-13,15,21,23H,11,14,16-17H2,1-6H3/t21-,23-/m0/s1. The summed E-state index contributed by atoms with van der Waals surface area (Å²) in [6.45, 7) is 4.88. The minimum Gasteiger partial charge on any atom is -0.496 e. The molecule has 0 saturated carbocycles. The van der Waals surface area contributed by atoms with Crippen molar-refractivity contribution in [3.63, 3.8) is 0 Å². The first kappa shape index (κ1) is 33.2. The van der Waals surface area contributed by atoms with Crippen molar-refractivity contribution in [2.45, 2.75) is 70.5 Å². The van der Waals surface area contributed by atoms with Gasteiger partial charge in [-0.25, -0.2) is 14.5 Å². The number of likely N-dealkylation sites (tertiary alicyclic amines) is 1. The minimum atomic E-state index is -4.58. The number of hydrogen-bond donors (Lipinski definition) is 0. The largest absolute Gasteiger partial charge is 0.496 e. The van der Waals surface area contributed by atoms with Crippen LogP contribution in [0.5, 0.6) is 5.75 Å². The van der Waals surface area contributed by atoms with Crippen LogP contribution in [0.15, 0.2) is 42.6 Å². The Labute approximate surface area is 251 Å². The summed E-state index contributed by atoms with van der Waals surface area (Å²) in [5, 5.41) is 0.0490. The van der Waals surface area contributed by atoms with Crippen LogP contribution in [0.1, 0.15) is 66.7 Å². The summed E-state index contributed by atoms with van der Waals surface area (Å²) in [5.41, 5.74) is -0.130. The molecule has 1 aromatic heterocycles. The Morgan fingerprint density at radius 3 is 2.23 bits per heavy atom. The van der Waals surface area contributed by atoms with Crippen LogP contribution in [0.4, 0.5) is 26.7 Å². The summed E-state index contributed by atoms with van der Waals surface area (Å²) in [6, 6.07) is 3.69. The molecule has 1 saturated heterocycles. The first-order valence-electron chi connectivity index (χ1n) is 13.9. The van der Waals surface area contributed by atoms with Crippen molar-refractivity contribution in [2.75, 3.05) is 27.4 Å². The zero-order valence-electron chi connectivity index (χ0n) is 25.3. The first-order chi connectivity index (χ1) is 20.5. The topological polar surface area (TPSA) is 79.2 Å². The quantitative estimate of drug-likeness (QED) is 0.154. The molecule has 44 heavy (non-hydrogen) atoms. The third kappa shape index (κ3) is 6.99. The van der Waals surface area contributed by atoms with E-state index in [1.165, 1.54) is 56.8 Å². The van der Waals surface area contributed by atoms with Gasteiger partial charge in [-0.2, -0.15) is 22.0 Å². The lowest BCUT2D eigenvalue weighted by molar-refractivity contribution is -0.216. The minimum absolute atomic E-state index is 0.0490. The molecule has 1 aliphatic heterocycles. The monoisotopic (exact) mass is 626 g/mol. The number of hydrogen-bond acceptors (Lipinski definition) is 7. The van der Waals surface area contributed by atoms with Crippen molar-refractivity contribution in [3.8, 4) is 5.75 Å². The van der Waals surface area contributed by atoms with Crippen LogP contribution in [0.3, 0.4) is 0 Å². The number of esters is 1. The van der Waals surface area contributed by atoms with Gasteiger partial charge in [-0.05, 0) is 75.9 Å². The maximum Gasteiger partial charge on any atom is 0.419 e. The molecule has 2 aromatic carbocycles. The number of methoxy groups -OCH3 is 2. The number of halogens is 5. The molecule has 1 fully saturated rings. The van der Waals surface area contributed by atoms with Crippen molar-refractivity contribution in [2.24, 2.45) is 0 Å². The maximum atomic E-state index is 17.0. The molecule has 0 radical (unpaired) electrons. The Morgan fingerprint density at radius 2 is 1.66 bits per heavy atom. The Balaban J connectivity index is 1.81. The van der Waals surface area contributed by atoms with E-state index in [9.17, 15) is 22.8 Å². The van der Waals surface area contributed by atoms with Crippen LogP contribution < -0.4 is 4.74 Å². The molecule has 0 aliphatic carbocycles. The molecule has 13 heteroatoms. The Kier molecular flexibility index (Phi) is 9.32. The van der Waals surface area contributed by atoms with Gasteiger partial charge in [-0.3, -0.25) is 4.57 Å². The van der Waals surface area contributed by atoms with Gasteiger partial charge in [0.05, 0.1) is 37.0 Å². The van der Waals surface area contributed by atoms with Crippen LogP contribution in [0.25, 0.3) is 10.9 Å². The van der Waals surface area contributed by atoms with Gasteiger partial charge >= 0.3 is 24.3 Å². The molecular weight excluding hydrogens is 591 g/mol. The molecule has 3 aromatic rings. The van der Waals surface area contributed by atoms with Crippen LogP contribution >= 0.6 is 0 Å². The van der Waals surface area contributed by atoms with E-state index in [1.807, 2.05) is 0 Å². The lowest BCUT2D eigenvalue weighted by atomic mass is 9.90. The van der Waals surface area contributed by atoms with E-state index in [2.05, 4.69) is 0 Å². The van der Waals surface area contributed by atoms with Gasteiger partial charge in [0.1, 0.15) is 18.0 Å². The predicted molar refractivity (Wildman–Crippen MR) is 151 cm³/mol. The summed E-state index contributed by atoms with van der Waals surface area (Å²) in [6.07, 6.45) is -5.22. The Hall–Kier alpha value is -3.71. The van der Waals surface area contributed by atoms with E-state index in [4.69, 9.17) is 18.9 Å². The number of piperidine rings is 1. The van der Waals surface area contributed by atoms with Crippen LogP contribution in [0.2, 0.25) is 0 Å². The van der Waals surface area contributed by atoms with Crippen LogP contribution in [-0.2, 0) is 20.3 Å². The van der Waals surface area contributed by atoms with Crippen molar-refractivity contribution in [1.82, 2.24) is 9.47 Å². The number of fused-ring (bicyclic) bond motifs is 1. The number of alkyl halides is 5. The van der Waals surface area contributed by atoms with Crippen LogP contribution in [0, 0.1) is 6.92 Å². The van der Waals surface area contributed by atoms with Crippen LogP contribution in [-0.4, -0.2) is 66.8 Å². The van der Waals surface area contributed by atoms with E-state index in [-0.39, 0.29) is 41.6 Å². The third-order valence-electron chi connectivity index (χ3n) is 7.35. The number of carbonyl (C=O) groups excluding carboxylic acids is 2. The SMILES string of the molecule is COC(=O)c1ccc([C@@H]2C[C@@H](OCC(F)(F)F)CCN2C(F)(F)c2c(OC)cc(C)c3c2ccn3C(=O)OC(C)(C)C)cc1. The Morgan fingerprint density at radius 1 is 1.00 bits per heavy atom. The summed E-state index contributed by atoms with van der Waals surface area (Å²) in [4.78, 5) is 25.8. The van der Waals surface area contributed by atoms with Gasteiger partial charge < -0.3 is 18.9 Å². The fourth-order valence-corrected chi connectivity index (χ4v) is 5.49. The second kappa shape index (κ2) is 12.4. The van der Waals surface area contributed by atoms with Gasteiger partial charge in [-0.15, -0.1) is 0 Å². The van der Waals surface area contributed by atoms with E-state index in [0.717, 1.165) is 9.47 Å². The summed E-state index contributed by atoms with van der Waals surface area (Å²) in [7, 11) is 2.46. The number of aromatic nitrogens is 1.